The quantitative estimate of drug-likeness (QED) is 0.670. The molecule has 1 N–H and O–H groups in total. The molecule has 0 spiro atoms. The molecule has 1 aromatic heterocycles. The third kappa shape index (κ3) is 2.81. The second-order valence-corrected chi connectivity index (χ2v) is 7.09. The molecule has 1 atom stereocenters. The number of hydrogen-bond acceptors (Lipinski definition) is 3. The highest BCUT2D eigenvalue weighted by molar-refractivity contribution is 6.02. The van der Waals surface area contributed by atoms with E-state index in [9.17, 15) is 4.79 Å². The summed E-state index contributed by atoms with van der Waals surface area (Å²) in [4.78, 5) is 15.9. The summed E-state index contributed by atoms with van der Waals surface area (Å²) >= 11 is 0. The number of fused-ring (bicyclic) bond motifs is 3. The number of aromatic amines is 1. The molecule has 1 aliphatic rings. The van der Waals surface area contributed by atoms with Gasteiger partial charge in [0.05, 0.1) is 14.2 Å². The van der Waals surface area contributed by atoms with Crippen LogP contribution in [-0.2, 0) is 9.53 Å². The van der Waals surface area contributed by atoms with Gasteiger partial charge in [-0.25, -0.2) is 4.79 Å². The zero-order valence-corrected chi connectivity index (χ0v) is 16.1. The van der Waals surface area contributed by atoms with Crippen molar-refractivity contribution in [1.82, 2.24) is 4.98 Å². The molecule has 0 aliphatic heterocycles. The Morgan fingerprint density at radius 3 is 2.48 bits per heavy atom. The van der Waals surface area contributed by atoms with Crippen LogP contribution >= 0.6 is 0 Å². The van der Waals surface area contributed by atoms with Crippen molar-refractivity contribution in [3.63, 3.8) is 0 Å². The molecule has 0 saturated heterocycles. The monoisotopic (exact) mass is 361 g/mol. The Kier molecular flexibility index (Phi) is 4.27. The van der Waals surface area contributed by atoms with Crippen molar-refractivity contribution in [3.8, 4) is 5.75 Å². The molecule has 2 aromatic carbocycles. The van der Waals surface area contributed by atoms with Crippen LogP contribution in [0.4, 0.5) is 0 Å². The number of rotatable bonds is 3. The van der Waals surface area contributed by atoms with Gasteiger partial charge in [0.1, 0.15) is 5.75 Å². The number of carbonyl (C=O) groups excluding carboxylic acids is 1. The molecule has 138 valence electrons. The van der Waals surface area contributed by atoms with Crippen molar-refractivity contribution >= 4 is 22.4 Å². The Morgan fingerprint density at radius 1 is 1.07 bits per heavy atom. The van der Waals surface area contributed by atoms with E-state index in [1.165, 1.54) is 23.8 Å². The van der Waals surface area contributed by atoms with E-state index in [0.717, 1.165) is 33.5 Å². The minimum atomic E-state index is -0.258. The average Bonchev–Trinajstić information content (AvgIpc) is 3.08. The number of aryl methyl sites for hydroxylation is 1. The summed E-state index contributed by atoms with van der Waals surface area (Å²) in [5, 5.41) is 1.14. The number of ether oxygens (including phenoxy) is 2. The third-order valence-corrected chi connectivity index (χ3v) is 5.54. The van der Waals surface area contributed by atoms with Gasteiger partial charge in [0.25, 0.3) is 0 Å². The van der Waals surface area contributed by atoms with Crippen LogP contribution in [0.25, 0.3) is 16.5 Å². The van der Waals surface area contributed by atoms with E-state index < -0.39 is 0 Å². The van der Waals surface area contributed by atoms with Gasteiger partial charge in [0.15, 0.2) is 0 Å². The van der Waals surface area contributed by atoms with Crippen LogP contribution in [0, 0.1) is 6.92 Å². The lowest BCUT2D eigenvalue weighted by Crippen LogP contribution is -2.17. The summed E-state index contributed by atoms with van der Waals surface area (Å²) in [5.74, 6) is 0.651. The fourth-order valence-electron chi connectivity index (χ4n) is 4.03. The largest absolute Gasteiger partial charge is 0.497 e. The van der Waals surface area contributed by atoms with Gasteiger partial charge in [-0.15, -0.1) is 0 Å². The summed E-state index contributed by atoms with van der Waals surface area (Å²) in [6, 6.07) is 14.6. The van der Waals surface area contributed by atoms with Gasteiger partial charge in [-0.3, -0.25) is 0 Å². The van der Waals surface area contributed by atoms with E-state index in [1.54, 1.807) is 7.11 Å². The number of methoxy groups -OCH3 is 2. The van der Waals surface area contributed by atoms with Crippen LogP contribution in [0.15, 0.2) is 48.0 Å². The highest BCUT2D eigenvalue weighted by atomic mass is 16.5. The number of hydrogen-bond donors (Lipinski definition) is 1. The van der Waals surface area contributed by atoms with Gasteiger partial charge in [-0.05, 0) is 55.2 Å². The standard InChI is InChI=1S/C23H23NO3/c1-13-5-7-15(8-6-13)18-12-17(23(25)27-4)14(2)22-21(18)19-11-16(26-3)9-10-20(19)24-22/h5-11,18,24H,12H2,1-4H3. The molecular formula is C23H23NO3. The van der Waals surface area contributed by atoms with E-state index in [2.05, 4.69) is 42.2 Å². The molecular weight excluding hydrogens is 338 g/mol. The molecule has 1 unspecified atom stereocenters. The van der Waals surface area contributed by atoms with Gasteiger partial charge < -0.3 is 14.5 Å². The molecule has 0 radical (unpaired) electrons. The fourth-order valence-corrected chi connectivity index (χ4v) is 4.03. The lowest BCUT2D eigenvalue weighted by atomic mass is 9.77. The second-order valence-electron chi connectivity index (χ2n) is 7.09. The molecule has 4 nitrogen and oxygen atoms in total. The summed E-state index contributed by atoms with van der Waals surface area (Å²) in [5.41, 5.74) is 7.37. The van der Waals surface area contributed by atoms with Gasteiger partial charge >= 0.3 is 5.97 Å². The molecule has 0 saturated carbocycles. The SMILES string of the molecule is COC(=O)C1=C(C)c2[nH]c3ccc(OC)cc3c2C(c2ccc(C)cc2)C1. The lowest BCUT2D eigenvalue weighted by molar-refractivity contribution is -0.136. The van der Waals surface area contributed by atoms with Crippen molar-refractivity contribution in [3.05, 3.63) is 70.4 Å². The highest BCUT2D eigenvalue weighted by Gasteiger charge is 2.32. The lowest BCUT2D eigenvalue weighted by Gasteiger charge is -2.26. The molecule has 27 heavy (non-hydrogen) atoms. The summed E-state index contributed by atoms with van der Waals surface area (Å²) in [7, 11) is 3.12. The van der Waals surface area contributed by atoms with Crippen LogP contribution in [0.3, 0.4) is 0 Å². The van der Waals surface area contributed by atoms with Crippen LogP contribution in [-0.4, -0.2) is 25.2 Å². The molecule has 4 rings (SSSR count). The van der Waals surface area contributed by atoms with Crippen molar-refractivity contribution in [2.24, 2.45) is 0 Å². The number of H-pyrrole nitrogens is 1. The summed E-state index contributed by atoms with van der Waals surface area (Å²) in [6.45, 7) is 4.07. The Labute approximate surface area is 158 Å². The number of benzene rings is 2. The maximum atomic E-state index is 12.4. The Hall–Kier alpha value is -3.01. The minimum absolute atomic E-state index is 0.0826. The van der Waals surface area contributed by atoms with Crippen LogP contribution in [0.5, 0.6) is 5.75 Å². The number of allylic oxidation sites excluding steroid dienone is 1. The summed E-state index contributed by atoms with van der Waals surface area (Å²) < 4.78 is 10.5. The van der Waals surface area contributed by atoms with Gasteiger partial charge in [-0.2, -0.15) is 0 Å². The number of esters is 1. The Balaban J connectivity index is 1.99. The van der Waals surface area contributed by atoms with E-state index in [4.69, 9.17) is 9.47 Å². The predicted octanol–water partition coefficient (Wildman–Crippen LogP) is 4.97. The van der Waals surface area contributed by atoms with Crippen molar-refractivity contribution in [1.29, 1.82) is 0 Å². The normalized spacial score (nSPS) is 16.4. The van der Waals surface area contributed by atoms with E-state index in [0.29, 0.717) is 6.42 Å². The van der Waals surface area contributed by atoms with E-state index >= 15 is 0 Å². The first-order valence-electron chi connectivity index (χ1n) is 9.08. The molecule has 3 aromatic rings. The maximum absolute atomic E-state index is 12.4. The molecule has 0 amide bonds. The Bertz CT molecular complexity index is 1060. The first kappa shape index (κ1) is 17.4. The van der Waals surface area contributed by atoms with Crippen LogP contribution in [0.2, 0.25) is 0 Å². The molecule has 0 fully saturated rings. The smallest absolute Gasteiger partial charge is 0.334 e. The van der Waals surface area contributed by atoms with Gasteiger partial charge in [-0.1, -0.05) is 29.8 Å². The fraction of sp³-hybridized carbons (Fsp3) is 0.261. The topological polar surface area (TPSA) is 51.3 Å². The summed E-state index contributed by atoms with van der Waals surface area (Å²) in [6.07, 6.45) is 0.624. The van der Waals surface area contributed by atoms with Crippen molar-refractivity contribution in [2.45, 2.75) is 26.2 Å². The number of aromatic nitrogens is 1. The third-order valence-electron chi connectivity index (χ3n) is 5.54. The average molecular weight is 361 g/mol. The maximum Gasteiger partial charge on any atom is 0.334 e. The van der Waals surface area contributed by atoms with Crippen LogP contribution in [0.1, 0.15) is 41.6 Å². The Morgan fingerprint density at radius 2 is 1.81 bits per heavy atom. The van der Waals surface area contributed by atoms with Crippen LogP contribution < -0.4 is 4.74 Å². The first-order chi connectivity index (χ1) is 13.0. The van der Waals surface area contributed by atoms with Crippen molar-refractivity contribution in [2.75, 3.05) is 14.2 Å². The predicted molar refractivity (Wildman–Crippen MR) is 107 cm³/mol. The van der Waals surface area contributed by atoms with Gasteiger partial charge in [0.2, 0.25) is 0 Å². The number of nitrogens with one attached hydrogen (secondary N) is 1. The van der Waals surface area contributed by atoms with E-state index in [-0.39, 0.29) is 11.9 Å². The van der Waals surface area contributed by atoms with Gasteiger partial charge in [0, 0.05) is 28.1 Å². The zero-order valence-electron chi connectivity index (χ0n) is 16.1. The zero-order chi connectivity index (χ0) is 19.1. The first-order valence-corrected chi connectivity index (χ1v) is 9.08. The molecule has 0 bridgehead atoms. The minimum Gasteiger partial charge on any atom is -0.497 e. The van der Waals surface area contributed by atoms with E-state index in [1.807, 2.05) is 19.1 Å². The highest BCUT2D eigenvalue weighted by Crippen LogP contribution is 2.46. The van der Waals surface area contributed by atoms with Crippen molar-refractivity contribution < 1.29 is 14.3 Å². The second kappa shape index (κ2) is 6.62. The number of carbonyl (C=O) groups is 1. The molecule has 1 aliphatic carbocycles. The molecule has 4 heteroatoms. The molecule has 1 heterocycles.